The van der Waals surface area contributed by atoms with Crippen molar-refractivity contribution in [3.63, 3.8) is 0 Å². The topological polar surface area (TPSA) is 64.4 Å². The van der Waals surface area contributed by atoms with E-state index in [4.69, 9.17) is 9.84 Å². The summed E-state index contributed by atoms with van der Waals surface area (Å²) in [5.74, 6) is -1.87. The second kappa shape index (κ2) is 5.62. The third kappa shape index (κ3) is 2.82. The Bertz CT molecular complexity index is 670. The molecule has 0 aliphatic heterocycles. The van der Waals surface area contributed by atoms with Crippen LogP contribution in [0.2, 0.25) is 0 Å². The predicted molar refractivity (Wildman–Crippen MR) is 73.3 cm³/mol. The Labute approximate surface area is 123 Å². The van der Waals surface area contributed by atoms with Crippen LogP contribution in [0.3, 0.4) is 0 Å². The van der Waals surface area contributed by atoms with E-state index in [0.29, 0.717) is 0 Å². The van der Waals surface area contributed by atoms with E-state index in [1.807, 2.05) is 6.92 Å². The average molecular weight is 343 g/mol. The predicted octanol–water partition coefficient (Wildman–Crippen LogP) is 2.91. The minimum Gasteiger partial charge on any atom is -0.487 e. The molecule has 106 valence electrons. The smallest absolute Gasteiger partial charge is 0.338 e. The first-order valence-electron chi connectivity index (χ1n) is 5.73. The summed E-state index contributed by atoms with van der Waals surface area (Å²) < 4.78 is 21.5. The Morgan fingerprint density at radius 3 is 2.75 bits per heavy atom. The molecule has 0 saturated heterocycles. The molecule has 5 nitrogen and oxygen atoms in total. The number of aromatic nitrogens is 2. The monoisotopic (exact) mass is 342 g/mol. The number of ether oxygens (including phenoxy) is 1. The third-order valence-electron chi connectivity index (χ3n) is 2.81. The van der Waals surface area contributed by atoms with Crippen LogP contribution in [0.25, 0.3) is 0 Å². The zero-order valence-electron chi connectivity index (χ0n) is 10.9. The van der Waals surface area contributed by atoms with E-state index < -0.39 is 11.8 Å². The van der Waals surface area contributed by atoms with E-state index in [2.05, 4.69) is 21.0 Å². The highest BCUT2D eigenvalue weighted by Gasteiger charge is 2.13. The van der Waals surface area contributed by atoms with Crippen molar-refractivity contribution >= 4 is 21.9 Å². The van der Waals surface area contributed by atoms with E-state index in [9.17, 15) is 9.18 Å². The molecule has 7 heteroatoms. The number of benzene rings is 1. The fourth-order valence-electron chi connectivity index (χ4n) is 1.75. The fourth-order valence-corrected chi connectivity index (χ4v) is 2.20. The Hall–Kier alpha value is -1.89. The summed E-state index contributed by atoms with van der Waals surface area (Å²) in [6, 6.07) is 3.65. The first-order chi connectivity index (χ1) is 9.40. The lowest BCUT2D eigenvalue weighted by Gasteiger charge is -2.08. The number of hydrogen-bond donors (Lipinski definition) is 1. The summed E-state index contributed by atoms with van der Waals surface area (Å²) in [6.45, 7) is 2.05. The molecule has 0 saturated carbocycles. The highest BCUT2D eigenvalue weighted by atomic mass is 79.9. The lowest BCUT2D eigenvalue weighted by atomic mass is 10.2. The zero-order valence-corrected chi connectivity index (χ0v) is 12.4. The van der Waals surface area contributed by atoms with Gasteiger partial charge < -0.3 is 9.84 Å². The van der Waals surface area contributed by atoms with Crippen LogP contribution in [0.15, 0.2) is 22.7 Å². The largest absolute Gasteiger partial charge is 0.487 e. The van der Waals surface area contributed by atoms with Gasteiger partial charge in [-0.15, -0.1) is 0 Å². The summed E-state index contributed by atoms with van der Waals surface area (Å²) in [7, 11) is 1.78. The molecule has 2 rings (SSSR count). The molecule has 1 aromatic heterocycles. The molecule has 0 spiro atoms. The van der Waals surface area contributed by atoms with Gasteiger partial charge in [0.25, 0.3) is 0 Å². The highest BCUT2D eigenvalue weighted by Crippen LogP contribution is 2.23. The van der Waals surface area contributed by atoms with E-state index in [0.717, 1.165) is 21.9 Å². The lowest BCUT2D eigenvalue weighted by Crippen LogP contribution is -2.05. The van der Waals surface area contributed by atoms with Crippen molar-refractivity contribution < 1.29 is 19.0 Å². The Morgan fingerprint density at radius 2 is 2.25 bits per heavy atom. The normalized spacial score (nSPS) is 10.6. The molecule has 0 aliphatic rings. The van der Waals surface area contributed by atoms with E-state index >= 15 is 0 Å². The number of carbonyl (C=O) groups is 1. The van der Waals surface area contributed by atoms with Crippen LogP contribution < -0.4 is 4.74 Å². The van der Waals surface area contributed by atoms with Gasteiger partial charge in [-0.2, -0.15) is 5.10 Å². The second-order valence-electron chi connectivity index (χ2n) is 4.21. The van der Waals surface area contributed by atoms with Crippen molar-refractivity contribution in [1.29, 1.82) is 0 Å². The molecule has 0 unspecified atom stereocenters. The molecular weight excluding hydrogens is 331 g/mol. The van der Waals surface area contributed by atoms with Crippen molar-refractivity contribution in [2.45, 2.75) is 13.5 Å². The van der Waals surface area contributed by atoms with Gasteiger partial charge in [0.2, 0.25) is 0 Å². The Balaban J connectivity index is 2.15. The summed E-state index contributed by atoms with van der Waals surface area (Å²) >= 11 is 3.40. The second-order valence-corrected chi connectivity index (χ2v) is 5.00. The summed E-state index contributed by atoms with van der Waals surface area (Å²) in [4.78, 5) is 10.7. The molecular formula is C13H12BrFN2O3. The van der Waals surface area contributed by atoms with Gasteiger partial charge in [-0.25, -0.2) is 9.18 Å². The minimum atomic E-state index is -1.31. The zero-order chi connectivity index (χ0) is 14.9. The van der Waals surface area contributed by atoms with Gasteiger partial charge in [-0.1, -0.05) is 0 Å². The number of aryl methyl sites for hydroxylation is 2. The number of aromatic carboxylic acids is 1. The molecule has 0 aliphatic carbocycles. The summed E-state index contributed by atoms with van der Waals surface area (Å²) in [5, 5.41) is 13.0. The van der Waals surface area contributed by atoms with Crippen LogP contribution in [0.1, 0.15) is 21.7 Å². The third-order valence-corrected chi connectivity index (χ3v) is 3.84. The van der Waals surface area contributed by atoms with E-state index in [1.54, 1.807) is 11.7 Å². The number of hydrogen-bond acceptors (Lipinski definition) is 3. The number of carboxylic acid groups (broad SMARTS) is 1. The van der Waals surface area contributed by atoms with E-state index in [1.165, 1.54) is 12.1 Å². The molecule has 0 bridgehead atoms. The van der Waals surface area contributed by atoms with Crippen molar-refractivity contribution in [3.8, 4) is 5.75 Å². The van der Waals surface area contributed by atoms with Gasteiger partial charge in [-0.3, -0.25) is 4.68 Å². The van der Waals surface area contributed by atoms with Gasteiger partial charge in [0.15, 0.2) is 0 Å². The molecule has 1 heterocycles. The SMILES string of the molecule is Cc1nn(C)c(COc2ccc(C(=O)O)c(F)c2)c1Br. The van der Waals surface area contributed by atoms with Crippen molar-refractivity contribution in [2.24, 2.45) is 7.05 Å². The molecule has 0 radical (unpaired) electrons. The van der Waals surface area contributed by atoms with Gasteiger partial charge in [0.05, 0.1) is 21.4 Å². The molecule has 1 N–H and O–H groups in total. The first kappa shape index (κ1) is 14.5. The standard InChI is InChI=1S/C13H12BrFN2O3/c1-7-12(14)11(17(2)16-7)6-20-8-3-4-9(13(18)19)10(15)5-8/h3-5H,6H2,1-2H3,(H,18,19). The summed E-state index contributed by atoms with van der Waals surface area (Å²) in [5.41, 5.74) is 1.26. The summed E-state index contributed by atoms with van der Waals surface area (Å²) in [6.07, 6.45) is 0. The van der Waals surface area contributed by atoms with Crippen LogP contribution >= 0.6 is 15.9 Å². The maximum atomic E-state index is 13.5. The average Bonchev–Trinajstić information content (AvgIpc) is 2.61. The van der Waals surface area contributed by atoms with Crippen LogP contribution in [0, 0.1) is 12.7 Å². The molecule has 0 fully saturated rings. The van der Waals surface area contributed by atoms with Crippen molar-refractivity contribution in [3.05, 3.63) is 45.4 Å². The van der Waals surface area contributed by atoms with Crippen LogP contribution in [-0.4, -0.2) is 20.9 Å². The number of carboxylic acids is 1. The lowest BCUT2D eigenvalue weighted by molar-refractivity contribution is 0.0692. The molecule has 20 heavy (non-hydrogen) atoms. The minimum absolute atomic E-state index is 0.198. The number of halogens is 2. The number of rotatable bonds is 4. The van der Waals surface area contributed by atoms with Crippen LogP contribution in [-0.2, 0) is 13.7 Å². The van der Waals surface area contributed by atoms with Crippen LogP contribution in [0.5, 0.6) is 5.75 Å². The van der Waals surface area contributed by atoms with Crippen molar-refractivity contribution in [2.75, 3.05) is 0 Å². The van der Waals surface area contributed by atoms with Crippen molar-refractivity contribution in [1.82, 2.24) is 9.78 Å². The Kier molecular flexibility index (Phi) is 4.08. The molecule has 2 aromatic rings. The maximum Gasteiger partial charge on any atom is 0.338 e. The quantitative estimate of drug-likeness (QED) is 0.927. The number of nitrogens with zero attached hydrogens (tertiary/aromatic N) is 2. The first-order valence-corrected chi connectivity index (χ1v) is 6.53. The van der Waals surface area contributed by atoms with E-state index in [-0.39, 0.29) is 17.9 Å². The highest BCUT2D eigenvalue weighted by molar-refractivity contribution is 9.10. The van der Waals surface area contributed by atoms with Gasteiger partial charge in [0, 0.05) is 13.1 Å². The molecule has 1 aromatic carbocycles. The van der Waals surface area contributed by atoms with Gasteiger partial charge >= 0.3 is 5.97 Å². The Morgan fingerprint density at radius 1 is 1.55 bits per heavy atom. The van der Waals surface area contributed by atoms with Crippen LogP contribution in [0.4, 0.5) is 4.39 Å². The van der Waals surface area contributed by atoms with Gasteiger partial charge in [0.1, 0.15) is 18.2 Å². The molecule has 0 amide bonds. The fraction of sp³-hybridized carbons (Fsp3) is 0.231. The molecule has 0 atom stereocenters. The van der Waals surface area contributed by atoms with Gasteiger partial charge in [-0.05, 0) is 35.0 Å². The maximum absolute atomic E-state index is 13.5.